The highest BCUT2D eigenvalue weighted by Gasteiger charge is 2.23. The summed E-state index contributed by atoms with van der Waals surface area (Å²) in [6.45, 7) is 4.14. The Labute approximate surface area is 118 Å². The van der Waals surface area contributed by atoms with Gasteiger partial charge in [0.25, 0.3) is 0 Å². The second-order valence-electron chi connectivity index (χ2n) is 4.99. The van der Waals surface area contributed by atoms with Crippen molar-refractivity contribution in [1.82, 2.24) is 10.2 Å². The molecule has 4 nitrogen and oxygen atoms in total. The number of benzene rings is 1. The fourth-order valence-electron chi connectivity index (χ4n) is 2.23. The molecule has 5 heteroatoms. The van der Waals surface area contributed by atoms with Crippen LogP contribution in [-0.4, -0.2) is 36.7 Å². The van der Waals surface area contributed by atoms with Crippen molar-refractivity contribution in [3.63, 3.8) is 0 Å². The Morgan fingerprint density at radius 1 is 1.35 bits per heavy atom. The van der Waals surface area contributed by atoms with Crippen LogP contribution < -0.4 is 10.1 Å². The van der Waals surface area contributed by atoms with Crippen LogP contribution in [-0.2, 0) is 0 Å². The molecule has 1 aliphatic heterocycles. The molecule has 1 N–H and O–H groups in total. The van der Waals surface area contributed by atoms with Crippen molar-refractivity contribution in [3.8, 4) is 5.75 Å². The summed E-state index contributed by atoms with van der Waals surface area (Å²) in [7, 11) is 0. The summed E-state index contributed by atoms with van der Waals surface area (Å²) in [6, 6.07) is 6.06. The Morgan fingerprint density at radius 3 is 2.60 bits per heavy atom. The fraction of sp³-hybridized carbons (Fsp3) is 0.533. The molecular weight excluding hydrogens is 259 g/mol. The second kappa shape index (κ2) is 7.12. The third-order valence-electron chi connectivity index (χ3n) is 3.37. The molecule has 0 atom stereocenters. The van der Waals surface area contributed by atoms with Crippen LogP contribution in [0.3, 0.4) is 0 Å². The monoisotopic (exact) mass is 280 g/mol. The topological polar surface area (TPSA) is 41.6 Å². The molecule has 0 aliphatic carbocycles. The van der Waals surface area contributed by atoms with Crippen LogP contribution in [0.5, 0.6) is 5.75 Å². The molecule has 0 aromatic heterocycles. The van der Waals surface area contributed by atoms with Crippen LogP contribution in [0.4, 0.5) is 9.18 Å². The molecule has 0 radical (unpaired) electrons. The summed E-state index contributed by atoms with van der Waals surface area (Å²) in [5.41, 5.74) is 0. The highest BCUT2D eigenvalue weighted by atomic mass is 19.1. The van der Waals surface area contributed by atoms with E-state index in [-0.39, 0.29) is 18.0 Å². The summed E-state index contributed by atoms with van der Waals surface area (Å²) >= 11 is 0. The first-order valence-corrected chi connectivity index (χ1v) is 7.14. The van der Waals surface area contributed by atoms with Gasteiger partial charge in [0.15, 0.2) is 0 Å². The summed E-state index contributed by atoms with van der Waals surface area (Å²) in [4.78, 5) is 13.6. The molecule has 2 rings (SSSR count). The van der Waals surface area contributed by atoms with E-state index in [9.17, 15) is 9.18 Å². The van der Waals surface area contributed by atoms with Crippen LogP contribution in [0.1, 0.15) is 26.2 Å². The van der Waals surface area contributed by atoms with E-state index >= 15 is 0 Å². The number of carbonyl (C=O) groups is 1. The minimum absolute atomic E-state index is 0.00656. The number of ether oxygens (including phenoxy) is 1. The number of nitrogens with one attached hydrogen (secondary N) is 1. The molecule has 1 heterocycles. The van der Waals surface area contributed by atoms with Crippen molar-refractivity contribution in [1.29, 1.82) is 0 Å². The van der Waals surface area contributed by atoms with Gasteiger partial charge in [-0.15, -0.1) is 0 Å². The molecule has 1 aromatic rings. The average molecular weight is 280 g/mol. The van der Waals surface area contributed by atoms with E-state index in [1.54, 1.807) is 12.1 Å². The summed E-state index contributed by atoms with van der Waals surface area (Å²) in [5.74, 6) is 0.417. The lowest BCUT2D eigenvalue weighted by Gasteiger charge is -2.32. The van der Waals surface area contributed by atoms with E-state index in [0.717, 1.165) is 19.3 Å². The normalized spacial score (nSPS) is 16.0. The lowest BCUT2D eigenvalue weighted by atomic mass is 10.1. The van der Waals surface area contributed by atoms with Crippen molar-refractivity contribution in [2.45, 2.75) is 32.3 Å². The standard InChI is InChI=1S/C15H21FN2O2/c1-2-9-17-15(19)18-10-7-14(8-11-18)20-13-5-3-12(16)4-6-13/h3-6,14H,2,7-11H2,1H3,(H,17,19). The van der Waals surface area contributed by atoms with Gasteiger partial charge >= 0.3 is 6.03 Å². The second-order valence-corrected chi connectivity index (χ2v) is 4.99. The van der Waals surface area contributed by atoms with Crippen molar-refractivity contribution in [2.24, 2.45) is 0 Å². The number of carbonyl (C=O) groups excluding carboxylic acids is 1. The van der Waals surface area contributed by atoms with Gasteiger partial charge < -0.3 is 15.0 Å². The molecule has 0 unspecified atom stereocenters. The lowest BCUT2D eigenvalue weighted by molar-refractivity contribution is 0.111. The van der Waals surface area contributed by atoms with E-state index in [1.165, 1.54) is 12.1 Å². The van der Waals surface area contributed by atoms with Crippen molar-refractivity contribution in [2.75, 3.05) is 19.6 Å². The van der Waals surface area contributed by atoms with Crippen LogP contribution in [0.15, 0.2) is 24.3 Å². The zero-order chi connectivity index (χ0) is 14.4. The predicted octanol–water partition coefficient (Wildman–Crippen LogP) is 2.79. The van der Waals surface area contributed by atoms with Crippen LogP contribution in [0.2, 0.25) is 0 Å². The molecule has 0 bridgehead atoms. The molecule has 1 aliphatic rings. The van der Waals surface area contributed by atoms with Gasteiger partial charge in [-0.2, -0.15) is 0 Å². The average Bonchev–Trinajstić information content (AvgIpc) is 2.48. The van der Waals surface area contributed by atoms with Crippen molar-refractivity contribution >= 4 is 6.03 Å². The number of nitrogens with zero attached hydrogens (tertiary/aromatic N) is 1. The van der Waals surface area contributed by atoms with Gasteiger partial charge in [-0.05, 0) is 30.7 Å². The van der Waals surface area contributed by atoms with Gasteiger partial charge in [0.05, 0.1) is 0 Å². The van der Waals surface area contributed by atoms with Gasteiger partial charge in [-0.3, -0.25) is 0 Å². The van der Waals surface area contributed by atoms with Crippen LogP contribution in [0.25, 0.3) is 0 Å². The Morgan fingerprint density at radius 2 is 2.00 bits per heavy atom. The first-order valence-electron chi connectivity index (χ1n) is 7.14. The van der Waals surface area contributed by atoms with Gasteiger partial charge in [0.1, 0.15) is 17.7 Å². The van der Waals surface area contributed by atoms with Gasteiger partial charge in [0, 0.05) is 32.5 Å². The fourth-order valence-corrected chi connectivity index (χ4v) is 2.23. The maximum Gasteiger partial charge on any atom is 0.317 e. The highest BCUT2D eigenvalue weighted by Crippen LogP contribution is 2.19. The first kappa shape index (κ1) is 14.6. The molecule has 0 saturated carbocycles. The SMILES string of the molecule is CCCNC(=O)N1CCC(Oc2ccc(F)cc2)CC1. The van der Waals surface area contributed by atoms with Crippen molar-refractivity contribution < 1.29 is 13.9 Å². The first-order chi connectivity index (χ1) is 9.69. The Bertz CT molecular complexity index is 428. The summed E-state index contributed by atoms with van der Waals surface area (Å²) < 4.78 is 18.6. The van der Waals surface area contributed by atoms with Gasteiger partial charge in [-0.1, -0.05) is 6.92 Å². The van der Waals surface area contributed by atoms with E-state index < -0.39 is 0 Å². The minimum Gasteiger partial charge on any atom is -0.490 e. The highest BCUT2D eigenvalue weighted by molar-refractivity contribution is 5.74. The minimum atomic E-state index is -0.264. The third-order valence-corrected chi connectivity index (χ3v) is 3.37. The third kappa shape index (κ3) is 4.11. The summed E-state index contributed by atoms with van der Waals surface area (Å²) in [6.07, 6.45) is 2.64. The predicted molar refractivity (Wildman–Crippen MR) is 75.3 cm³/mol. The Kier molecular flexibility index (Phi) is 5.21. The molecule has 2 amide bonds. The number of piperidine rings is 1. The molecule has 20 heavy (non-hydrogen) atoms. The zero-order valence-corrected chi connectivity index (χ0v) is 11.8. The number of amides is 2. The zero-order valence-electron chi connectivity index (χ0n) is 11.8. The molecule has 1 fully saturated rings. The molecule has 110 valence electrons. The molecule has 0 spiro atoms. The van der Waals surface area contributed by atoms with E-state index in [4.69, 9.17) is 4.74 Å². The number of hydrogen-bond donors (Lipinski definition) is 1. The smallest absolute Gasteiger partial charge is 0.317 e. The molecule has 1 aromatic carbocycles. The number of likely N-dealkylation sites (tertiary alicyclic amines) is 1. The number of rotatable bonds is 4. The van der Waals surface area contributed by atoms with E-state index in [1.807, 2.05) is 11.8 Å². The largest absolute Gasteiger partial charge is 0.490 e. The maximum absolute atomic E-state index is 12.8. The Balaban J connectivity index is 1.76. The number of halogens is 1. The van der Waals surface area contributed by atoms with Crippen LogP contribution in [0, 0.1) is 5.82 Å². The summed E-state index contributed by atoms with van der Waals surface area (Å²) in [5, 5.41) is 2.88. The quantitative estimate of drug-likeness (QED) is 0.921. The lowest BCUT2D eigenvalue weighted by Crippen LogP contribution is -2.46. The van der Waals surface area contributed by atoms with E-state index in [0.29, 0.717) is 25.4 Å². The van der Waals surface area contributed by atoms with Crippen LogP contribution >= 0.6 is 0 Å². The van der Waals surface area contributed by atoms with Gasteiger partial charge in [-0.25, -0.2) is 9.18 Å². The molecule has 1 saturated heterocycles. The van der Waals surface area contributed by atoms with E-state index in [2.05, 4.69) is 5.32 Å². The molecular formula is C15H21FN2O2. The number of urea groups is 1. The van der Waals surface area contributed by atoms with Crippen molar-refractivity contribution in [3.05, 3.63) is 30.1 Å². The maximum atomic E-state index is 12.8. The Hall–Kier alpha value is -1.78. The van der Waals surface area contributed by atoms with Gasteiger partial charge in [0.2, 0.25) is 0 Å². The number of hydrogen-bond acceptors (Lipinski definition) is 2.